The van der Waals surface area contributed by atoms with Crippen LogP contribution in [-0.2, 0) is 19.7 Å². The fourth-order valence-electron chi connectivity index (χ4n) is 1.88. The first kappa shape index (κ1) is 16.5. The summed E-state index contributed by atoms with van der Waals surface area (Å²) in [6.07, 6.45) is 1.48. The van der Waals surface area contributed by atoms with Crippen molar-refractivity contribution in [3.8, 4) is 5.75 Å². The van der Waals surface area contributed by atoms with Crippen molar-refractivity contribution < 1.29 is 32.8 Å². The van der Waals surface area contributed by atoms with E-state index in [1.54, 1.807) is 0 Å². The Bertz CT molecular complexity index is 932. The van der Waals surface area contributed by atoms with E-state index >= 15 is 0 Å². The first-order chi connectivity index (χ1) is 10.7. The smallest absolute Gasteiger partial charge is 0.328 e. The van der Waals surface area contributed by atoms with Gasteiger partial charge in [0.2, 0.25) is 5.91 Å². The fourth-order valence-corrected chi connectivity index (χ4v) is 2.42. The van der Waals surface area contributed by atoms with Crippen LogP contribution in [-0.4, -0.2) is 35.1 Å². The molecule has 4 N–H and O–H groups in total. The molecule has 2 aromatic rings. The van der Waals surface area contributed by atoms with Crippen molar-refractivity contribution in [2.75, 3.05) is 5.32 Å². The summed E-state index contributed by atoms with van der Waals surface area (Å²) in [7, 11) is -4.49. The van der Waals surface area contributed by atoms with E-state index in [-0.39, 0.29) is 16.8 Å². The fraction of sp³-hybridized carbons (Fsp3) is 0. The van der Waals surface area contributed by atoms with Gasteiger partial charge in [-0.2, -0.15) is 8.42 Å². The molecule has 23 heavy (non-hydrogen) atoms. The van der Waals surface area contributed by atoms with Gasteiger partial charge in [-0.25, -0.2) is 4.79 Å². The molecule has 120 valence electrons. The van der Waals surface area contributed by atoms with Gasteiger partial charge >= 0.3 is 5.97 Å². The molecule has 0 saturated heterocycles. The number of hydrogen-bond donors (Lipinski definition) is 4. The van der Waals surface area contributed by atoms with Crippen molar-refractivity contribution in [1.82, 2.24) is 0 Å². The van der Waals surface area contributed by atoms with E-state index in [2.05, 4.69) is 5.32 Å². The summed E-state index contributed by atoms with van der Waals surface area (Å²) in [5, 5.41) is 21.2. The van der Waals surface area contributed by atoms with Crippen molar-refractivity contribution in [3.63, 3.8) is 0 Å². The van der Waals surface area contributed by atoms with Crippen molar-refractivity contribution in [2.24, 2.45) is 0 Å². The number of phenols is 1. The highest BCUT2D eigenvalue weighted by Gasteiger charge is 2.13. The first-order valence-corrected chi connectivity index (χ1v) is 7.57. The normalized spacial score (nSPS) is 11.7. The van der Waals surface area contributed by atoms with Crippen LogP contribution in [0.4, 0.5) is 5.69 Å². The van der Waals surface area contributed by atoms with Crippen LogP contribution in [0.2, 0.25) is 0 Å². The molecule has 2 rings (SSSR count). The van der Waals surface area contributed by atoms with Gasteiger partial charge in [-0.05, 0) is 29.7 Å². The lowest BCUT2D eigenvalue weighted by Crippen LogP contribution is -2.08. The predicted molar refractivity (Wildman–Crippen MR) is 80.8 cm³/mol. The van der Waals surface area contributed by atoms with Gasteiger partial charge in [0.25, 0.3) is 10.1 Å². The Kier molecular flexibility index (Phi) is 4.34. The second-order valence-electron chi connectivity index (χ2n) is 4.51. The average Bonchev–Trinajstić information content (AvgIpc) is 2.43. The number of nitrogens with one attached hydrogen (secondary N) is 1. The van der Waals surface area contributed by atoms with Gasteiger partial charge in [0.05, 0.1) is 4.90 Å². The van der Waals surface area contributed by atoms with Crippen molar-refractivity contribution >= 4 is 38.5 Å². The lowest BCUT2D eigenvalue weighted by atomic mass is 10.1. The van der Waals surface area contributed by atoms with E-state index in [9.17, 15) is 23.1 Å². The highest BCUT2D eigenvalue weighted by atomic mass is 32.2. The van der Waals surface area contributed by atoms with Gasteiger partial charge in [-0.15, -0.1) is 0 Å². The minimum atomic E-state index is -4.49. The number of carboxylic acid groups (broad SMARTS) is 1. The largest absolute Gasteiger partial charge is 0.507 e. The van der Waals surface area contributed by atoms with Crippen molar-refractivity contribution in [2.45, 2.75) is 4.90 Å². The molecule has 2 aromatic carbocycles. The van der Waals surface area contributed by atoms with Crippen LogP contribution >= 0.6 is 0 Å². The molecule has 0 saturated carbocycles. The summed E-state index contributed by atoms with van der Waals surface area (Å²) in [4.78, 5) is 21.3. The predicted octanol–water partition coefficient (Wildman–Crippen LogP) is 1.37. The second-order valence-corrected chi connectivity index (χ2v) is 5.94. The molecule has 0 atom stereocenters. The first-order valence-electron chi connectivity index (χ1n) is 6.13. The molecule has 0 spiro atoms. The minimum Gasteiger partial charge on any atom is -0.507 e. The lowest BCUT2D eigenvalue weighted by Gasteiger charge is -2.07. The van der Waals surface area contributed by atoms with E-state index in [0.29, 0.717) is 11.5 Å². The molecule has 0 bridgehead atoms. The van der Waals surface area contributed by atoms with E-state index < -0.39 is 26.9 Å². The minimum absolute atomic E-state index is 0.254. The standard InChI is InChI=1S/C14H11NO7S/c16-12-7-10(23(20,21)22)6-8-5-9(1-2-11(8)12)15-13(17)3-4-14(18)19/h1-7,16H,(H,15,17)(H,18,19)(H,20,21,22). The van der Waals surface area contributed by atoms with Gasteiger partial charge in [0.15, 0.2) is 0 Å². The maximum absolute atomic E-state index is 11.5. The van der Waals surface area contributed by atoms with Crippen LogP contribution in [0.5, 0.6) is 5.75 Å². The van der Waals surface area contributed by atoms with Crippen LogP contribution in [0.1, 0.15) is 0 Å². The molecule has 0 aromatic heterocycles. The Morgan fingerprint density at radius 1 is 1.09 bits per heavy atom. The number of phenolic OH excluding ortho intramolecular Hbond substituents is 1. The SMILES string of the molecule is O=C(O)C=CC(=O)Nc1ccc2c(O)cc(S(=O)(=O)O)cc2c1. The third-order valence-electron chi connectivity index (χ3n) is 2.85. The molecule has 0 aliphatic carbocycles. The van der Waals surface area contributed by atoms with Crippen molar-refractivity contribution in [1.29, 1.82) is 0 Å². The third-order valence-corrected chi connectivity index (χ3v) is 3.68. The van der Waals surface area contributed by atoms with E-state index in [0.717, 1.165) is 18.2 Å². The number of anilines is 1. The summed E-state index contributed by atoms with van der Waals surface area (Å²) in [6.45, 7) is 0. The molecule has 0 unspecified atom stereocenters. The van der Waals surface area contributed by atoms with Crippen molar-refractivity contribution in [3.05, 3.63) is 42.5 Å². The maximum Gasteiger partial charge on any atom is 0.328 e. The van der Waals surface area contributed by atoms with Gasteiger partial charge in [-0.1, -0.05) is 0 Å². The van der Waals surface area contributed by atoms with Gasteiger partial charge in [-0.3, -0.25) is 9.35 Å². The number of rotatable bonds is 4. The highest BCUT2D eigenvalue weighted by Crippen LogP contribution is 2.30. The molecular formula is C14H11NO7S. The zero-order chi connectivity index (χ0) is 17.2. The second kappa shape index (κ2) is 6.07. The van der Waals surface area contributed by atoms with Crippen LogP contribution in [0.25, 0.3) is 10.8 Å². The topological polar surface area (TPSA) is 141 Å². The summed E-state index contributed by atoms with van der Waals surface area (Å²) in [6, 6.07) is 6.30. The zero-order valence-corrected chi connectivity index (χ0v) is 12.2. The van der Waals surface area contributed by atoms with Crippen LogP contribution < -0.4 is 5.32 Å². The Morgan fingerprint density at radius 2 is 1.78 bits per heavy atom. The average molecular weight is 337 g/mol. The molecule has 0 heterocycles. The monoisotopic (exact) mass is 337 g/mol. The third kappa shape index (κ3) is 4.05. The number of aliphatic carboxylic acids is 1. The summed E-state index contributed by atoms with van der Waals surface area (Å²) < 4.78 is 31.3. The Labute approximate surface area is 130 Å². The van der Waals surface area contributed by atoms with Gasteiger partial charge in [0, 0.05) is 29.3 Å². The Hall–Kier alpha value is -2.91. The number of amides is 1. The number of benzene rings is 2. The number of carboxylic acids is 1. The zero-order valence-electron chi connectivity index (χ0n) is 11.4. The molecule has 0 aliphatic rings. The number of hydrogen-bond acceptors (Lipinski definition) is 5. The molecule has 0 aliphatic heterocycles. The van der Waals surface area contributed by atoms with E-state index in [4.69, 9.17) is 9.66 Å². The van der Waals surface area contributed by atoms with Crippen LogP contribution in [0.15, 0.2) is 47.4 Å². The Morgan fingerprint density at radius 3 is 2.39 bits per heavy atom. The molecule has 0 radical (unpaired) electrons. The molecule has 8 nitrogen and oxygen atoms in total. The van der Waals surface area contributed by atoms with Crippen LogP contribution in [0.3, 0.4) is 0 Å². The quantitative estimate of drug-likeness (QED) is 0.487. The number of carbonyl (C=O) groups is 2. The van der Waals surface area contributed by atoms with Crippen LogP contribution in [0, 0.1) is 0 Å². The number of fused-ring (bicyclic) bond motifs is 1. The van der Waals surface area contributed by atoms with E-state index in [1.165, 1.54) is 18.2 Å². The van der Waals surface area contributed by atoms with Gasteiger partial charge < -0.3 is 15.5 Å². The summed E-state index contributed by atoms with van der Waals surface area (Å²) in [5.74, 6) is -2.32. The molecule has 0 fully saturated rings. The number of carbonyl (C=O) groups excluding carboxylic acids is 1. The highest BCUT2D eigenvalue weighted by molar-refractivity contribution is 7.85. The van der Waals surface area contributed by atoms with E-state index in [1.807, 2.05) is 0 Å². The van der Waals surface area contributed by atoms with Gasteiger partial charge in [0.1, 0.15) is 5.75 Å². The summed E-state index contributed by atoms with van der Waals surface area (Å²) >= 11 is 0. The molecular weight excluding hydrogens is 326 g/mol. The maximum atomic E-state index is 11.5. The molecule has 1 amide bonds. The molecule has 9 heteroatoms. The Balaban J connectivity index is 2.41. The lowest BCUT2D eigenvalue weighted by molar-refractivity contribution is -0.131. The number of aromatic hydroxyl groups is 1. The summed E-state index contributed by atoms with van der Waals surface area (Å²) in [5.41, 5.74) is 0.254.